The molecule has 154 valence electrons. The molecule has 1 saturated heterocycles. The molecule has 0 unspecified atom stereocenters. The number of piperazine rings is 1. The van der Waals surface area contributed by atoms with E-state index in [2.05, 4.69) is 20.2 Å². The third-order valence-electron chi connectivity index (χ3n) is 4.88. The van der Waals surface area contributed by atoms with Crippen molar-refractivity contribution in [1.82, 2.24) is 14.9 Å². The summed E-state index contributed by atoms with van der Waals surface area (Å²) in [5.41, 5.74) is 0.438. The lowest BCUT2D eigenvalue weighted by atomic mass is 10.2. The van der Waals surface area contributed by atoms with Crippen molar-refractivity contribution in [2.75, 3.05) is 62.8 Å². The van der Waals surface area contributed by atoms with Gasteiger partial charge >= 0.3 is 5.69 Å². The third kappa shape index (κ3) is 4.15. The Kier molecular flexibility index (Phi) is 5.58. The Morgan fingerprint density at radius 3 is 2.62 bits per heavy atom. The summed E-state index contributed by atoms with van der Waals surface area (Å²) in [6, 6.07) is 5.24. The molecule has 0 aliphatic carbocycles. The first-order chi connectivity index (χ1) is 14.2. The van der Waals surface area contributed by atoms with Crippen LogP contribution in [-0.2, 0) is 0 Å². The molecular weight excluding hydrogens is 380 g/mol. The molecule has 11 nitrogen and oxygen atoms in total. The summed E-state index contributed by atoms with van der Waals surface area (Å²) in [4.78, 5) is 23.7. The van der Waals surface area contributed by atoms with Gasteiger partial charge in [-0.25, -0.2) is 9.97 Å². The number of benzene rings is 1. The molecule has 0 spiro atoms. The Morgan fingerprint density at radius 2 is 1.90 bits per heavy atom. The number of fused-ring (bicyclic) bond motifs is 1. The number of aliphatic hydroxyl groups excluding tert-OH is 1. The van der Waals surface area contributed by atoms with Gasteiger partial charge in [-0.15, -0.1) is 0 Å². The fourth-order valence-electron chi connectivity index (χ4n) is 3.44. The van der Waals surface area contributed by atoms with Crippen molar-refractivity contribution in [2.24, 2.45) is 0 Å². The molecule has 1 aromatic carbocycles. The molecule has 2 aliphatic rings. The number of nitrogens with one attached hydrogen (secondary N) is 1. The monoisotopic (exact) mass is 402 g/mol. The third-order valence-corrected chi connectivity index (χ3v) is 4.88. The Labute approximate surface area is 167 Å². The molecule has 2 aromatic rings. The minimum absolute atomic E-state index is 0.0945. The summed E-state index contributed by atoms with van der Waals surface area (Å²) in [7, 11) is 0. The number of hydrogen-bond donors (Lipinski definition) is 2. The molecule has 0 amide bonds. The molecule has 11 heteroatoms. The Balaban J connectivity index is 1.58. The van der Waals surface area contributed by atoms with Crippen LogP contribution in [0, 0.1) is 10.1 Å². The van der Waals surface area contributed by atoms with Crippen molar-refractivity contribution in [3.63, 3.8) is 0 Å². The van der Waals surface area contributed by atoms with Crippen LogP contribution in [0.25, 0.3) is 0 Å². The van der Waals surface area contributed by atoms with Crippen LogP contribution < -0.4 is 19.7 Å². The SMILES string of the molecule is O=[N+]([O-])c1c(Nc2ccc3c(c2)OCCO3)ncnc1N1CCN(CCO)CC1. The summed E-state index contributed by atoms with van der Waals surface area (Å²) >= 11 is 0. The fourth-order valence-corrected chi connectivity index (χ4v) is 3.44. The molecule has 4 rings (SSSR count). The van der Waals surface area contributed by atoms with Gasteiger partial charge in [0.2, 0.25) is 11.6 Å². The van der Waals surface area contributed by atoms with E-state index in [1.807, 2.05) is 4.90 Å². The van der Waals surface area contributed by atoms with Crippen LogP contribution in [-0.4, -0.2) is 77.4 Å². The second-order valence-corrected chi connectivity index (χ2v) is 6.69. The maximum atomic E-state index is 11.8. The molecule has 0 radical (unpaired) electrons. The second kappa shape index (κ2) is 8.45. The predicted octanol–water partition coefficient (Wildman–Crippen LogP) is 1.01. The summed E-state index contributed by atoms with van der Waals surface area (Å²) < 4.78 is 11.1. The standard InChI is InChI=1S/C18H22N6O5/c25-8-7-22-3-5-23(6-4-22)18-16(24(26)27)17(19-12-20-18)21-13-1-2-14-15(11-13)29-10-9-28-14/h1-2,11-12,25H,3-10H2,(H,19,20,21). The van der Waals surface area contributed by atoms with Gasteiger partial charge in [0.25, 0.3) is 0 Å². The molecule has 0 bridgehead atoms. The summed E-state index contributed by atoms with van der Waals surface area (Å²) in [6.45, 7) is 4.21. The van der Waals surface area contributed by atoms with Crippen molar-refractivity contribution in [3.8, 4) is 11.5 Å². The molecular formula is C18H22N6O5. The van der Waals surface area contributed by atoms with Crippen molar-refractivity contribution >= 4 is 23.0 Å². The van der Waals surface area contributed by atoms with Gasteiger partial charge in [-0.1, -0.05) is 0 Å². The number of ether oxygens (including phenoxy) is 2. The highest BCUT2D eigenvalue weighted by atomic mass is 16.6. The normalized spacial score (nSPS) is 16.5. The molecule has 2 aliphatic heterocycles. The van der Waals surface area contributed by atoms with E-state index in [1.54, 1.807) is 18.2 Å². The first-order valence-corrected chi connectivity index (χ1v) is 9.40. The van der Waals surface area contributed by atoms with Gasteiger partial charge in [-0.3, -0.25) is 15.0 Å². The van der Waals surface area contributed by atoms with Gasteiger partial charge in [-0.05, 0) is 12.1 Å². The van der Waals surface area contributed by atoms with Crippen molar-refractivity contribution in [2.45, 2.75) is 0 Å². The van der Waals surface area contributed by atoms with Crippen LogP contribution in [0.15, 0.2) is 24.5 Å². The number of hydrogen-bond acceptors (Lipinski definition) is 10. The average Bonchev–Trinajstić information content (AvgIpc) is 2.74. The highest BCUT2D eigenvalue weighted by Gasteiger charge is 2.29. The first kappa shape index (κ1) is 19.2. The largest absolute Gasteiger partial charge is 0.486 e. The molecule has 0 atom stereocenters. The van der Waals surface area contributed by atoms with E-state index in [0.717, 1.165) is 0 Å². The van der Waals surface area contributed by atoms with Gasteiger partial charge in [0.05, 0.1) is 11.5 Å². The minimum Gasteiger partial charge on any atom is -0.486 e. The van der Waals surface area contributed by atoms with Crippen LogP contribution in [0.1, 0.15) is 0 Å². The topological polar surface area (TPSA) is 126 Å². The number of nitro groups is 1. The van der Waals surface area contributed by atoms with Crippen LogP contribution in [0.3, 0.4) is 0 Å². The van der Waals surface area contributed by atoms with E-state index in [4.69, 9.17) is 14.6 Å². The smallest absolute Gasteiger partial charge is 0.353 e. The van der Waals surface area contributed by atoms with E-state index < -0.39 is 4.92 Å². The Hall–Kier alpha value is -3.18. The van der Waals surface area contributed by atoms with Crippen molar-refractivity contribution < 1.29 is 19.5 Å². The van der Waals surface area contributed by atoms with Crippen LogP contribution in [0.5, 0.6) is 11.5 Å². The lowest BCUT2D eigenvalue weighted by Crippen LogP contribution is -2.47. The first-order valence-electron chi connectivity index (χ1n) is 9.40. The average molecular weight is 402 g/mol. The van der Waals surface area contributed by atoms with Crippen molar-refractivity contribution in [1.29, 1.82) is 0 Å². The quantitative estimate of drug-likeness (QED) is 0.534. The predicted molar refractivity (Wildman–Crippen MR) is 105 cm³/mol. The van der Waals surface area contributed by atoms with Gasteiger partial charge in [0.1, 0.15) is 19.5 Å². The number of β-amino-alcohol motifs (C(OH)–C–C–N with tert-alkyl or cyclic N) is 1. The lowest BCUT2D eigenvalue weighted by Gasteiger charge is -2.34. The number of nitrogens with zero attached hydrogens (tertiary/aromatic N) is 5. The molecule has 29 heavy (non-hydrogen) atoms. The van der Waals surface area contributed by atoms with E-state index in [9.17, 15) is 10.1 Å². The highest BCUT2D eigenvalue weighted by molar-refractivity contribution is 5.75. The Bertz CT molecular complexity index is 887. The maximum Gasteiger partial charge on any atom is 0.353 e. The van der Waals surface area contributed by atoms with Gasteiger partial charge in [0.15, 0.2) is 11.5 Å². The van der Waals surface area contributed by atoms with E-state index in [-0.39, 0.29) is 23.9 Å². The molecule has 3 heterocycles. The zero-order valence-electron chi connectivity index (χ0n) is 15.8. The maximum absolute atomic E-state index is 11.8. The summed E-state index contributed by atoms with van der Waals surface area (Å²) in [6.07, 6.45) is 1.32. The fraction of sp³-hybridized carbons (Fsp3) is 0.444. The molecule has 0 saturated carbocycles. The van der Waals surface area contributed by atoms with Gasteiger partial charge in [0, 0.05) is 44.5 Å². The van der Waals surface area contributed by atoms with Crippen LogP contribution >= 0.6 is 0 Å². The minimum atomic E-state index is -0.463. The van der Waals surface area contributed by atoms with E-state index in [0.29, 0.717) is 63.1 Å². The second-order valence-electron chi connectivity index (χ2n) is 6.69. The zero-order valence-corrected chi connectivity index (χ0v) is 15.8. The number of rotatable bonds is 6. The van der Waals surface area contributed by atoms with E-state index in [1.165, 1.54) is 6.33 Å². The van der Waals surface area contributed by atoms with Crippen molar-refractivity contribution in [3.05, 3.63) is 34.6 Å². The summed E-state index contributed by atoms with van der Waals surface area (Å²) in [5, 5.41) is 23.9. The zero-order chi connectivity index (χ0) is 20.2. The molecule has 2 N–H and O–H groups in total. The lowest BCUT2D eigenvalue weighted by molar-refractivity contribution is -0.383. The highest BCUT2D eigenvalue weighted by Crippen LogP contribution is 2.37. The van der Waals surface area contributed by atoms with Crippen LogP contribution in [0.4, 0.5) is 23.0 Å². The number of aromatic nitrogens is 2. The summed E-state index contributed by atoms with van der Waals surface area (Å²) in [5.74, 6) is 1.63. The number of aliphatic hydroxyl groups is 1. The van der Waals surface area contributed by atoms with Gasteiger partial charge in [-0.2, -0.15) is 0 Å². The van der Waals surface area contributed by atoms with Gasteiger partial charge < -0.3 is 24.8 Å². The van der Waals surface area contributed by atoms with Crippen LogP contribution in [0.2, 0.25) is 0 Å². The van der Waals surface area contributed by atoms with E-state index >= 15 is 0 Å². The molecule has 1 aromatic heterocycles. The Morgan fingerprint density at radius 1 is 1.14 bits per heavy atom. The number of anilines is 3. The molecule has 1 fully saturated rings.